The molecule has 50 heavy (non-hydrogen) atoms. The summed E-state index contributed by atoms with van der Waals surface area (Å²) in [7, 11) is 0. The van der Waals surface area contributed by atoms with Crippen molar-refractivity contribution in [3.8, 4) is 22.3 Å². The van der Waals surface area contributed by atoms with Gasteiger partial charge in [0.05, 0.1) is 0 Å². The predicted molar refractivity (Wildman–Crippen MR) is 217 cm³/mol. The number of fused-ring (bicyclic) bond motifs is 8. The lowest BCUT2D eigenvalue weighted by Gasteiger charge is -2.42. The molecule has 0 unspecified atom stereocenters. The molecule has 1 heteroatoms. The van der Waals surface area contributed by atoms with Crippen LogP contribution in [0.3, 0.4) is 0 Å². The van der Waals surface area contributed by atoms with Crippen LogP contribution in [-0.2, 0) is 10.8 Å². The van der Waals surface area contributed by atoms with Crippen molar-refractivity contribution in [3.63, 3.8) is 0 Å². The van der Waals surface area contributed by atoms with Gasteiger partial charge in [-0.05, 0) is 132 Å². The molecule has 0 saturated heterocycles. The Balaban J connectivity index is 1.09. The van der Waals surface area contributed by atoms with Gasteiger partial charge in [0, 0.05) is 16.9 Å². The van der Waals surface area contributed by atoms with Crippen molar-refractivity contribution in [3.05, 3.63) is 156 Å². The largest absolute Gasteiger partial charge is 0.355 e. The Kier molecular flexibility index (Phi) is 6.94. The Bertz CT molecular complexity index is 2620. The van der Waals surface area contributed by atoms with Crippen LogP contribution in [0.1, 0.15) is 57.2 Å². The molecule has 0 fully saturated rings. The van der Waals surface area contributed by atoms with Crippen LogP contribution < -0.4 is 5.32 Å². The number of hydrogen-bond donors (Lipinski definition) is 1. The summed E-state index contributed by atoms with van der Waals surface area (Å²) in [6.45, 7) is 11.8. The molecule has 1 aliphatic carbocycles. The molecule has 0 spiro atoms. The van der Waals surface area contributed by atoms with Crippen molar-refractivity contribution in [2.24, 2.45) is 0 Å². The molecular weight excluding hydrogens is 603 g/mol. The lowest BCUT2D eigenvalue weighted by atomic mass is 9.63. The van der Waals surface area contributed by atoms with Gasteiger partial charge >= 0.3 is 0 Å². The van der Waals surface area contributed by atoms with E-state index in [0.717, 1.165) is 11.4 Å². The molecule has 0 amide bonds. The molecule has 1 nitrogen and oxygen atoms in total. The molecule has 244 valence electrons. The third-order valence-electron chi connectivity index (χ3n) is 11.5. The maximum Gasteiger partial charge on any atom is 0.0463 e. The quantitative estimate of drug-likeness (QED) is 0.188. The first-order valence-corrected chi connectivity index (χ1v) is 18.1. The minimum Gasteiger partial charge on any atom is -0.355 e. The van der Waals surface area contributed by atoms with Crippen molar-refractivity contribution in [1.82, 2.24) is 0 Å². The molecule has 0 aliphatic heterocycles. The Morgan fingerprint density at radius 3 is 1.80 bits per heavy atom. The lowest BCUT2D eigenvalue weighted by Crippen LogP contribution is -2.33. The molecule has 0 radical (unpaired) electrons. The molecule has 0 atom stereocenters. The maximum atomic E-state index is 3.80. The van der Waals surface area contributed by atoms with E-state index in [1.54, 1.807) is 0 Å². The van der Waals surface area contributed by atoms with Gasteiger partial charge in [-0.25, -0.2) is 0 Å². The number of anilines is 2. The predicted octanol–water partition coefficient (Wildman–Crippen LogP) is 14.0. The van der Waals surface area contributed by atoms with Gasteiger partial charge < -0.3 is 5.32 Å². The first-order chi connectivity index (χ1) is 24.1. The van der Waals surface area contributed by atoms with Crippen LogP contribution in [0.5, 0.6) is 0 Å². The number of aryl methyl sites for hydroxylation is 1. The highest BCUT2D eigenvalue weighted by Gasteiger charge is 2.37. The van der Waals surface area contributed by atoms with Crippen LogP contribution in [-0.4, -0.2) is 0 Å². The minimum absolute atomic E-state index is 0.185. The summed E-state index contributed by atoms with van der Waals surface area (Å²) >= 11 is 0. The van der Waals surface area contributed by atoms with Crippen molar-refractivity contribution in [1.29, 1.82) is 0 Å². The average Bonchev–Trinajstić information content (AvgIpc) is 3.13. The number of benzene rings is 8. The van der Waals surface area contributed by atoms with Crippen LogP contribution in [0.2, 0.25) is 0 Å². The van der Waals surface area contributed by atoms with Gasteiger partial charge in [-0.3, -0.25) is 0 Å². The third kappa shape index (κ3) is 5.07. The summed E-state index contributed by atoms with van der Waals surface area (Å²) in [5.41, 5.74) is 11.7. The molecule has 0 heterocycles. The van der Waals surface area contributed by atoms with E-state index in [1.807, 2.05) is 0 Å². The van der Waals surface area contributed by atoms with Crippen LogP contribution in [0.15, 0.2) is 140 Å². The number of rotatable bonds is 4. The van der Waals surface area contributed by atoms with Gasteiger partial charge in [-0.1, -0.05) is 142 Å². The summed E-state index contributed by atoms with van der Waals surface area (Å²) in [6, 6.07) is 52.1. The normalized spacial score (nSPS) is 15.1. The summed E-state index contributed by atoms with van der Waals surface area (Å²) in [6.07, 6.45) is 2.45. The fourth-order valence-corrected chi connectivity index (χ4v) is 8.51. The molecule has 9 rings (SSSR count). The highest BCUT2D eigenvalue weighted by atomic mass is 14.9. The van der Waals surface area contributed by atoms with Crippen molar-refractivity contribution in [2.45, 2.75) is 58.3 Å². The number of hydrogen-bond acceptors (Lipinski definition) is 1. The van der Waals surface area contributed by atoms with E-state index in [-0.39, 0.29) is 10.8 Å². The smallest absolute Gasteiger partial charge is 0.0463 e. The second-order valence-electron chi connectivity index (χ2n) is 15.8. The Labute approximate surface area is 295 Å². The summed E-state index contributed by atoms with van der Waals surface area (Å²) < 4.78 is 0. The van der Waals surface area contributed by atoms with Gasteiger partial charge in [-0.15, -0.1) is 0 Å². The van der Waals surface area contributed by atoms with Gasteiger partial charge in [0.1, 0.15) is 0 Å². The van der Waals surface area contributed by atoms with Crippen molar-refractivity contribution >= 4 is 54.5 Å². The Hall–Kier alpha value is -5.40. The molecule has 0 bridgehead atoms. The fraction of sp³-hybridized carbons (Fsp3) is 0.184. The van der Waals surface area contributed by atoms with E-state index < -0.39 is 0 Å². The van der Waals surface area contributed by atoms with Gasteiger partial charge in [0.2, 0.25) is 0 Å². The van der Waals surface area contributed by atoms with E-state index >= 15 is 0 Å². The number of para-hydroxylation sites is 1. The second kappa shape index (κ2) is 11.3. The van der Waals surface area contributed by atoms with E-state index in [9.17, 15) is 0 Å². The molecule has 8 aromatic rings. The monoisotopic (exact) mass is 645 g/mol. The van der Waals surface area contributed by atoms with E-state index in [2.05, 4.69) is 179 Å². The summed E-state index contributed by atoms with van der Waals surface area (Å²) in [5.74, 6) is 0. The average molecular weight is 646 g/mol. The van der Waals surface area contributed by atoms with E-state index in [4.69, 9.17) is 0 Å². The molecule has 1 aliphatic rings. The highest BCUT2D eigenvalue weighted by molar-refractivity contribution is 6.25. The van der Waals surface area contributed by atoms with Crippen LogP contribution in [0.4, 0.5) is 11.4 Å². The molecule has 8 aromatic carbocycles. The van der Waals surface area contributed by atoms with Crippen LogP contribution in [0, 0.1) is 6.92 Å². The Morgan fingerprint density at radius 1 is 0.440 bits per heavy atom. The first kappa shape index (κ1) is 30.6. The van der Waals surface area contributed by atoms with Crippen molar-refractivity contribution in [2.75, 3.05) is 5.32 Å². The molecule has 1 N–H and O–H groups in total. The highest BCUT2D eigenvalue weighted by Crippen LogP contribution is 2.47. The zero-order valence-electron chi connectivity index (χ0n) is 29.7. The van der Waals surface area contributed by atoms with Crippen LogP contribution >= 0.6 is 0 Å². The topological polar surface area (TPSA) is 12.0 Å². The first-order valence-electron chi connectivity index (χ1n) is 18.1. The maximum absolute atomic E-state index is 3.80. The van der Waals surface area contributed by atoms with Gasteiger partial charge in [-0.2, -0.15) is 0 Å². The zero-order chi connectivity index (χ0) is 34.2. The van der Waals surface area contributed by atoms with Crippen LogP contribution in [0.25, 0.3) is 65.3 Å². The molecule has 0 aromatic heterocycles. The lowest BCUT2D eigenvalue weighted by molar-refractivity contribution is 0.332. The molecular formula is C49H43N. The van der Waals surface area contributed by atoms with Crippen molar-refractivity contribution < 1.29 is 0 Å². The standard InChI is InChI=1S/C49H43N/c1-31-17-21-41-42-22-20-33(28-44(42)40-15-7-6-14-39(40)43(41)25-31)32-11-10-12-37(27-32)50-47-16-9-8-13-38(47)35-19-18-34-29-45-46(30-36(34)26-35)49(4,5)24-23-48(45,2)3/h6-22,25-30,50H,23-24H2,1-5H3. The van der Waals surface area contributed by atoms with E-state index in [1.165, 1.54) is 94.9 Å². The van der Waals surface area contributed by atoms with E-state index in [0.29, 0.717) is 0 Å². The Morgan fingerprint density at radius 2 is 1.04 bits per heavy atom. The third-order valence-corrected chi connectivity index (χ3v) is 11.5. The zero-order valence-corrected chi connectivity index (χ0v) is 29.7. The SMILES string of the molecule is Cc1ccc2c3ccc(-c4cccc(Nc5ccccc5-c5ccc6cc7c(cc6c5)C(C)(C)CCC7(C)C)c4)cc3c3ccccc3c2c1. The second-order valence-corrected chi connectivity index (χ2v) is 15.8. The summed E-state index contributed by atoms with van der Waals surface area (Å²) in [5, 5.41) is 14.3. The fourth-order valence-electron chi connectivity index (χ4n) is 8.51. The summed E-state index contributed by atoms with van der Waals surface area (Å²) in [4.78, 5) is 0. The van der Waals surface area contributed by atoms with Gasteiger partial charge in [0.25, 0.3) is 0 Å². The number of nitrogens with one attached hydrogen (secondary N) is 1. The molecule has 0 saturated carbocycles. The van der Waals surface area contributed by atoms with Gasteiger partial charge in [0.15, 0.2) is 0 Å². The minimum atomic E-state index is 0.185.